The summed E-state index contributed by atoms with van der Waals surface area (Å²) < 4.78 is 10.6. The van der Waals surface area contributed by atoms with Gasteiger partial charge in [0.15, 0.2) is 0 Å². The SMILES string of the molecule is COc1ccc(CNC(=O)N(CC#N)N2CC(=O)N3[C@@H](Cc4ccc(OC(=O)N(C)C)cc4)C(=O)N(Cc4cccc5ccccc45)C[C@@H]32)cc1. The highest BCUT2D eigenvalue weighted by Gasteiger charge is 2.52. The number of hydrazine groups is 1. The predicted octanol–water partition coefficient (Wildman–Crippen LogP) is 3.98. The van der Waals surface area contributed by atoms with Crippen molar-refractivity contribution in [3.8, 4) is 17.6 Å². The third kappa shape index (κ3) is 7.56. The first kappa shape index (κ1) is 34.7. The van der Waals surface area contributed by atoms with Crippen LogP contribution in [0.25, 0.3) is 10.8 Å². The maximum atomic E-state index is 14.4. The fourth-order valence-corrected chi connectivity index (χ4v) is 6.49. The van der Waals surface area contributed by atoms with Gasteiger partial charge in [-0.05, 0) is 51.7 Å². The summed E-state index contributed by atoms with van der Waals surface area (Å²) in [6.07, 6.45) is -1.05. The summed E-state index contributed by atoms with van der Waals surface area (Å²) in [7, 11) is 4.75. The Labute approximate surface area is 296 Å². The van der Waals surface area contributed by atoms with Crippen molar-refractivity contribution in [1.82, 2.24) is 30.0 Å². The molecule has 2 heterocycles. The molecule has 2 atom stereocenters. The minimum atomic E-state index is -0.891. The van der Waals surface area contributed by atoms with Gasteiger partial charge in [0.25, 0.3) is 0 Å². The zero-order chi connectivity index (χ0) is 36.1. The van der Waals surface area contributed by atoms with Crippen LogP contribution in [0.5, 0.6) is 11.5 Å². The first-order chi connectivity index (χ1) is 24.7. The van der Waals surface area contributed by atoms with E-state index < -0.39 is 24.3 Å². The number of urea groups is 1. The lowest BCUT2D eigenvalue weighted by atomic mass is 9.99. The van der Waals surface area contributed by atoms with Crippen LogP contribution in [0.1, 0.15) is 16.7 Å². The van der Waals surface area contributed by atoms with E-state index in [1.807, 2.05) is 54.6 Å². The molecule has 13 heteroatoms. The standard InChI is InChI=1S/C38H39N7O6/c1-41(2)38(49)51-31-17-11-26(12-18-31)21-33-36(47)42(23-29-9-6-8-28-7-4-5-10-32(28)29)24-34-44(25-35(46)45(33)34)43(20-19-39)37(48)40-22-27-13-15-30(50-3)16-14-27/h4-18,33-34H,20-25H2,1-3H3,(H,40,48)/t33-,34+/m0/s1. The number of carbonyl (C=O) groups is 4. The summed E-state index contributed by atoms with van der Waals surface area (Å²) in [4.78, 5) is 58.5. The number of piperazine rings is 1. The average molecular weight is 690 g/mol. The molecular weight excluding hydrogens is 650 g/mol. The van der Waals surface area contributed by atoms with Crippen molar-refractivity contribution in [2.75, 3.05) is 40.8 Å². The lowest BCUT2D eigenvalue weighted by molar-refractivity contribution is -0.157. The molecule has 6 rings (SSSR count). The molecule has 0 aromatic heterocycles. The number of rotatable bonds is 10. The molecule has 2 aliphatic heterocycles. The molecule has 0 unspecified atom stereocenters. The molecule has 13 nitrogen and oxygen atoms in total. The Morgan fingerprint density at radius 3 is 2.31 bits per heavy atom. The molecule has 51 heavy (non-hydrogen) atoms. The maximum absolute atomic E-state index is 14.4. The molecule has 2 aliphatic rings. The van der Waals surface area contributed by atoms with E-state index in [2.05, 4.69) is 11.4 Å². The summed E-state index contributed by atoms with van der Waals surface area (Å²) in [5.74, 6) is 0.475. The first-order valence-corrected chi connectivity index (χ1v) is 16.5. The van der Waals surface area contributed by atoms with Crippen LogP contribution in [0.4, 0.5) is 9.59 Å². The molecule has 0 saturated carbocycles. The number of carbonyl (C=O) groups excluding carboxylic acids is 4. The minimum absolute atomic E-state index is 0.122. The Balaban J connectivity index is 1.29. The molecule has 1 N–H and O–H groups in total. The van der Waals surface area contributed by atoms with Crippen LogP contribution in [-0.4, -0.2) is 102 Å². The van der Waals surface area contributed by atoms with Crippen LogP contribution in [0, 0.1) is 11.3 Å². The number of methoxy groups -OCH3 is 1. The van der Waals surface area contributed by atoms with Crippen molar-refractivity contribution < 1.29 is 28.7 Å². The summed E-state index contributed by atoms with van der Waals surface area (Å²) in [6, 6.07) is 28.6. The first-order valence-electron chi connectivity index (χ1n) is 16.5. The van der Waals surface area contributed by atoms with Crippen molar-refractivity contribution >= 4 is 34.7 Å². The van der Waals surface area contributed by atoms with Crippen LogP contribution in [0.3, 0.4) is 0 Å². The Morgan fingerprint density at radius 2 is 1.61 bits per heavy atom. The summed E-state index contributed by atoms with van der Waals surface area (Å²) in [5, 5.41) is 17.6. The molecule has 0 radical (unpaired) electrons. The van der Waals surface area contributed by atoms with Crippen LogP contribution in [-0.2, 0) is 29.1 Å². The fraction of sp³-hybridized carbons (Fsp3) is 0.289. The summed E-state index contributed by atoms with van der Waals surface area (Å²) in [5.41, 5.74) is 2.52. The zero-order valence-electron chi connectivity index (χ0n) is 28.7. The van der Waals surface area contributed by atoms with Gasteiger partial charge in [-0.2, -0.15) is 10.3 Å². The van der Waals surface area contributed by atoms with Gasteiger partial charge in [-0.15, -0.1) is 0 Å². The van der Waals surface area contributed by atoms with Crippen LogP contribution in [0.2, 0.25) is 0 Å². The monoisotopic (exact) mass is 689 g/mol. The Hall–Kier alpha value is -6.13. The van der Waals surface area contributed by atoms with Gasteiger partial charge in [0.2, 0.25) is 11.8 Å². The van der Waals surface area contributed by atoms with Gasteiger partial charge < -0.3 is 29.5 Å². The van der Waals surface area contributed by atoms with Gasteiger partial charge in [0.05, 0.1) is 26.3 Å². The average Bonchev–Trinajstić information content (AvgIpc) is 3.46. The third-order valence-corrected chi connectivity index (χ3v) is 9.10. The lowest BCUT2D eigenvalue weighted by Gasteiger charge is -2.46. The van der Waals surface area contributed by atoms with Gasteiger partial charge in [-0.1, -0.05) is 66.7 Å². The quantitative estimate of drug-likeness (QED) is 0.247. The van der Waals surface area contributed by atoms with Gasteiger partial charge in [-0.3, -0.25) is 9.59 Å². The van der Waals surface area contributed by atoms with Crippen molar-refractivity contribution in [1.29, 1.82) is 5.26 Å². The van der Waals surface area contributed by atoms with E-state index in [9.17, 15) is 24.4 Å². The second-order valence-electron chi connectivity index (χ2n) is 12.6. The highest BCUT2D eigenvalue weighted by Crippen LogP contribution is 2.31. The second kappa shape index (κ2) is 15.2. The summed E-state index contributed by atoms with van der Waals surface area (Å²) in [6.45, 7) is 0.103. The Morgan fingerprint density at radius 1 is 0.922 bits per heavy atom. The Bertz CT molecular complexity index is 1960. The third-order valence-electron chi connectivity index (χ3n) is 9.10. The number of amides is 5. The number of benzene rings is 4. The maximum Gasteiger partial charge on any atom is 0.414 e. The molecule has 0 spiro atoms. The smallest absolute Gasteiger partial charge is 0.414 e. The number of nitriles is 1. The molecular formula is C38H39N7O6. The van der Waals surface area contributed by atoms with Crippen LogP contribution in [0.15, 0.2) is 91.0 Å². The number of nitrogens with one attached hydrogen (secondary N) is 1. The normalized spacial score (nSPS) is 17.1. The predicted molar refractivity (Wildman–Crippen MR) is 188 cm³/mol. The van der Waals surface area contributed by atoms with Crippen molar-refractivity contribution in [2.45, 2.75) is 31.7 Å². The number of fused-ring (bicyclic) bond motifs is 2. The fourth-order valence-electron chi connectivity index (χ4n) is 6.49. The van der Waals surface area contributed by atoms with E-state index in [1.54, 1.807) is 72.4 Å². The molecule has 262 valence electrons. The molecule has 2 saturated heterocycles. The molecule has 2 fully saturated rings. The van der Waals surface area contributed by atoms with Gasteiger partial charge >= 0.3 is 12.1 Å². The molecule has 4 aromatic carbocycles. The second-order valence-corrected chi connectivity index (χ2v) is 12.6. The summed E-state index contributed by atoms with van der Waals surface area (Å²) >= 11 is 0. The van der Waals surface area contributed by atoms with E-state index in [0.717, 1.165) is 27.5 Å². The van der Waals surface area contributed by atoms with E-state index in [0.29, 0.717) is 11.5 Å². The topological polar surface area (TPSA) is 139 Å². The van der Waals surface area contributed by atoms with E-state index in [1.165, 1.54) is 9.91 Å². The van der Waals surface area contributed by atoms with Gasteiger partial charge in [0.1, 0.15) is 30.3 Å². The molecule has 5 amide bonds. The molecule has 0 aliphatic carbocycles. The van der Waals surface area contributed by atoms with Crippen molar-refractivity contribution in [2.24, 2.45) is 0 Å². The zero-order valence-corrected chi connectivity index (χ0v) is 28.7. The highest BCUT2D eigenvalue weighted by atomic mass is 16.6. The van der Waals surface area contributed by atoms with Crippen molar-refractivity contribution in [3.63, 3.8) is 0 Å². The number of ether oxygens (including phenoxy) is 2. The van der Waals surface area contributed by atoms with Crippen LogP contribution < -0.4 is 14.8 Å². The van der Waals surface area contributed by atoms with E-state index >= 15 is 0 Å². The number of hydrogen-bond acceptors (Lipinski definition) is 8. The lowest BCUT2D eigenvalue weighted by Crippen LogP contribution is -2.66. The highest BCUT2D eigenvalue weighted by molar-refractivity contribution is 5.92. The molecule has 0 bridgehead atoms. The van der Waals surface area contributed by atoms with E-state index in [-0.39, 0.29) is 51.0 Å². The molecule has 4 aromatic rings. The van der Waals surface area contributed by atoms with Gasteiger partial charge in [-0.25, -0.2) is 14.6 Å². The Kier molecular flexibility index (Phi) is 10.3. The number of nitrogens with zero attached hydrogens (tertiary/aromatic N) is 6. The minimum Gasteiger partial charge on any atom is -0.497 e. The van der Waals surface area contributed by atoms with E-state index in [4.69, 9.17) is 9.47 Å². The van der Waals surface area contributed by atoms with Crippen LogP contribution >= 0.6 is 0 Å². The number of hydrogen-bond donors (Lipinski definition) is 1. The largest absolute Gasteiger partial charge is 0.497 e. The van der Waals surface area contributed by atoms with Gasteiger partial charge in [0, 0.05) is 33.6 Å². The van der Waals surface area contributed by atoms with Crippen molar-refractivity contribution in [3.05, 3.63) is 108 Å².